The lowest BCUT2D eigenvalue weighted by molar-refractivity contribution is 0.109. The van der Waals surface area contributed by atoms with Gasteiger partial charge in [-0.1, -0.05) is 47.7 Å². The zero-order chi connectivity index (χ0) is 22.0. The number of allylic oxidation sites excluding steroid dienone is 1. The first-order valence-corrected chi connectivity index (χ1v) is 9.40. The van der Waals surface area contributed by atoms with Crippen LogP contribution in [0, 0.1) is 24.5 Å². The molecule has 0 N–H and O–H groups in total. The monoisotopic (exact) mass is 404 g/mol. The first kappa shape index (κ1) is 19.6. The number of benzene rings is 2. The highest BCUT2D eigenvalue weighted by Crippen LogP contribution is 2.46. The number of nitriles is 1. The molecule has 2 aromatic carbocycles. The molecule has 31 heavy (non-hydrogen) atoms. The molecule has 2 heterocycles. The van der Waals surface area contributed by atoms with Gasteiger partial charge in [-0.25, -0.2) is 19.6 Å². The number of rotatable bonds is 3. The molecule has 0 bridgehead atoms. The lowest BCUT2D eigenvalue weighted by Crippen LogP contribution is -2.21. The van der Waals surface area contributed by atoms with Crippen LogP contribution in [0.2, 0.25) is 0 Å². The Morgan fingerprint density at radius 2 is 1.77 bits per heavy atom. The van der Waals surface area contributed by atoms with Crippen molar-refractivity contribution in [1.82, 2.24) is 15.0 Å². The lowest BCUT2D eigenvalue weighted by Gasteiger charge is -2.24. The summed E-state index contributed by atoms with van der Waals surface area (Å²) in [6.07, 6.45) is 1.85. The SMILES string of the molecule is [C-]#[N+]C1=C(c2ccc(-n3cc(-c4ccccc4)nn3)cc2)C(C)(C)O/C1=C(\C#N)[N+]#[C-]. The van der Waals surface area contributed by atoms with E-state index in [1.807, 2.05) is 80.7 Å². The van der Waals surface area contributed by atoms with Crippen molar-refractivity contribution < 1.29 is 4.74 Å². The van der Waals surface area contributed by atoms with Gasteiger partial charge < -0.3 is 4.74 Å². The van der Waals surface area contributed by atoms with Gasteiger partial charge >= 0.3 is 0 Å². The van der Waals surface area contributed by atoms with Crippen molar-refractivity contribution in [3.63, 3.8) is 0 Å². The average molecular weight is 404 g/mol. The second-order valence-corrected chi connectivity index (χ2v) is 7.31. The molecule has 4 rings (SSSR count). The molecule has 0 amide bonds. The van der Waals surface area contributed by atoms with Crippen molar-refractivity contribution in [2.24, 2.45) is 0 Å². The molecular formula is C24H16N6O. The van der Waals surface area contributed by atoms with Crippen molar-refractivity contribution in [3.8, 4) is 23.0 Å². The Hall–Kier alpha value is -4.67. The van der Waals surface area contributed by atoms with E-state index in [-0.39, 0.29) is 17.2 Å². The van der Waals surface area contributed by atoms with E-state index in [9.17, 15) is 5.26 Å². The molecule has 7 heteroatoms. The van der Waals surface area contributed by atoms with Gasteiger partial charge in [0.1, 0.15) is 17.1 Å². The van der Waals surface area contributed by atoms with Crippen LogP contribution in [0.4, 0.5) is 0 Å². The maximum Gasteiger partial charge on any atom is 0.292 e. The van der Waals surface area contributed by atoms with Crippen LogP contribution in [-0.4, -0.2) is 20.6 Å². The van der Waals surface area contributed by atoms with Crippen LogP contribution in [0.15, 0.2) is 77.9 Å². The second-order valence-electron chi connectivity index (χ2n) is 7.31. The first-order chi connectivity index (χ1) is 15.0. The predicted octanol–water partition coefficient (Wildman–Crippen LogP) is 5.03. The molecule has 0 unspecified atom stereocenters. The Labute approximate surface area is 179 Å². The molecule has 0 saturated heterocycles. The molecule has 7 nitrogen and oxygen atoms in total. The Morgan fingerprint density at radius 1 is 1.06 bits per heavy atom. The van der Waals surface area contributed by atoms with E-state index in [0.29, 0.717) is 5.57 Å². The van der Waals surface area contributed by atoms with E-state index in [1.165, 1.54) is 0 Å². The van der Waals surface area contributed by atoms with E-state index in [2.05, 4.69) is 20.0 Å². The maximum atomic E-state index is 9.23. The van der Waals surface area contributed by atoms with Crippen LogP contribution in [0.5, 0.6) is 0 Å². The Bertz CT molecular complexity index is 1320. The Balaban J connectivity index is 1.73. The van der Waals surface area contributed by atoms with Gasteiger partial charge in [0.15, 0.2) is 0 Å². The minimum absolute atomic E-state index is 0.0420. The number of hydrogen-bond acceptors (Lipinski definition) is 4. The van der Waals surface area contributed by atoms with Crippen LogP contribution in [0.25, 0.3) is 32.2 Å². The number of hydrogen-bond donors (Lipinski definition) is 0. The van der Waals surface area contributed by atoms with E-state index < -0.39 is 5.60 Å². The van der Waals surface area contributed by atoms with Gasteiger partial charge in [-0.3, -0.25) is 0 Å². The summed E-state index contributed by atoms with van der Waals surface area (Å²) in [6.45, 7) is 18.4. The van der Waals surface area contributed by atoms with Crippen molar-refractivity contribution >= 4 is 5.57 Å². The molecule has 0 radical (unpaired) electrons. The molecule has 0 spiro atoms. The minimum atomic E-state index is -0.850. The summed E-state index contributed by atoms with van der Waals surface area (Å²) in [5.41, 5.74) is 3.11. The molecule has 3 aromatic rings. The number of aromatic nitrogens is 3. The lowest BCUT2D eigenvalue weighted by atomic mass is 9.91. The van der Waals surface area contributed by atoms with Gasteiger partial charge in [0.2, 0.25) is 5.70 Å². The fraction of sp³-hybridized carbons (Fsp3) is 0.125. The van der Waals surface area contributed by atoms with Gasteiger partial charge in [-0.15, -0.1) is 5.10 Å². The standard InChI is InChI=1S/C24H16N6O/c1-24(2)21(22(27-4)23(31-24)19(14-25)26-3)17-10-12-18(13-11-17)30-15-20(28-29-30)16-8-6-5-7-9-16/h5-13,15H,1-2H3/b23-19+. The minimum Gasteiger partial charge on any atom is -0.505 e. The van der Waals surface area contributed by atoms with Gasteiger partial charge in [-0.2, -0.15) is 0 Å². The molecule has 0 aliphatic carbocycles. The van der Waals surface area contributed by atoms with Crippen LogP contribution in [-0.2, 0) is 4.74 Å². The van der Waals surface area contributed by atoms with E-state index >= 15 is 0 Å². The molecule has 0 saturated carbocycles. The molecule has 1 aromatic heterocycles. The Morgan fingerprint density at radius 3 is 2.39 bits per heavy atom. The smallest absolute Gasteiger partial charge is 0.292 e. The molecule has 0 atom stereocenters. The highest BCUT2D eigenvalue weighted by molar-refractivity contribution is 5.82. The van der Waals surface area contributed by atoms with E-state index in [1.54, 1.807) is 4.68 Å². The second kappa shape index (κ2) is 7.63. The summed E-state index contributed by atoms with van der Waals surface area (Å²) in [5.74, 6) is 0.0420. The third-order valence-electron chi connectivity index (χ3n) is 4.94. The van der Waals surface area contributed by atoms with Crippen molar-refractivity contribution in [2.75, 3.05) is 0 Å². The van der Waals surface area contributed by atoms with Gasteiger partial charge in [-0.05, 0) is 31.5 Å². The third-order valence-corrected chi connectivity index (χ3v) is 4.94. The summed E-state index contributed by atoms with van der Waals surface area (Å²) in [5, 5.41) is 17.7. The van der Waals surface area contributed by atoms with Gasteiger partial charge in [0.25, 0.3) is 5.70 Å². The number of nitrogens with zero attached hydrogens (tertiary/aromatic N) is 6. The number of ether oxygens (including phenoxy) is 1. The maximum absolute atomic E-state index is 9.23. The largest absolute Gasteiger partial charge is 0.505 e. The summed E-state index contributed by atoms with van der Waals surface area (Å²) in [7, 11) is 0. The topological polar surface area (TPSA) is 72.5 Å². The van der Waals surface area contributed by atoms with Crippen molar-refractivity contribution in [2.45, 2.75) is 19.4 Å². The molecule has 1 aliphatic rings. The highest BCUT2D eigenvalue weighted by Gasteiger charge is 2.40. The van der Waals surface area contributed by atoms with Crippen LogP contribution >= 0.6 is 0 Å². The van der Waals surface area contributed by atoms with Gasteiger partial charge in [0.05, 0.1) is 31.1 Å². The Kier molecular flexibility index (Phi) is 4.83. The zero-order valence-corrected chi connectivity index (χ0v) is 16.9. The molecule has 0 fully saturated rings. The summed E-state index contributed by atoms with van der Waals surface area (Å²) < 4.78 is 7.54. The summed E-state index contributed by atoms with van der Waals surface area (Å²) in [4.78, 5) is 6.79. The summed E-state index contributed by atoms with van der Waals surface area (Å²) in [6, 6.07) is 19.1. The van der Waals surface area contributed by atoms with Crippen molar-refractivity contribution in [1.29, 1.82) is 5.26 Å². The fourth-order valence-electron chi connectivity index (χ4n) is 3.54. The third kappa shape index (κ3) is 3.44. The highest BCUT2D eigenvalue weighted by atomic mass is 16.5. The average Bonchev–Trinajstić information content (AvgIpc) is 3.38. The summed E-state index contributed by atoms with van der Waals surface area (Å²) >= 11 is 0. The van der Waals surface area contributed by atoms with Crippen LogP contribution in [0.3, 0.4) is 0 Å². The molecular weight excluding hydrogens is 388 g/mol. The first-order valence-electron chi connectivity index (χ1n) is 9.40. The van der Waals surface area contributed by atoms with Gasteiger partial charge in [0, 0.05) is 11.1 Å². The normalized spacial score (nSPS) is 16.1. The fourth-order valence-corrected chi connectivity index (χ4v) is 3.54. The zero-order valence-electron chi connectivity index (χ0n) is 16.9. The molecule has 1 aliphatic heterocycles. The quantitative estimate of drug-likeness (QED) is 0.453. The predicted molar refractivity (Wildman–Crippen MR) is 115 cm³/mol. The van der Waals surface area contributed by atoms with E-state index in [4.69, 9.17) is 17.9 Å². The van der Waals surface area contributed by atoms with E-state index in [0.717, 1.165) is 22.5 Å². The van der Waals surface area contributed by atoms with Crippen molar-refractivity contribution in [3.05, 3.63) is 106 Å². The molecule has 148 valence electrons. The van der Waals surface area contributed by atoms with Crippen LogP contribution < -0.4 is 0 Å². The van der Waals surface area contributed by atoms with Crippen LogP contribution in [0.1, 0.15) is 19.4 Å².